The van der Waals surface area contributed by atoms with Gasteiger partial charge in [0.25, 0.3) is 0 Å². The lowest BCUT2D eigenvalue weighted by Crippen LogP contribution is -2.22. The molecule has 0 saturated carbocycles. The molecule has 1 heteroatoms. The fourth-order valence-electron chi connectivity index (χ4n) is 5.58. The van der Waals surface area contributed by atoms with Crippen LogP contribution in [0.1, 0.15) is 59.3 Å². The van der Waals surface area contributed by atoms with Crippen LogP contribution in [0.2, 0.25) is 0 Å². The summed E-state index contributed by atoms with van der Waals surface area (Å²) in [4.78, 5) is 13.2. The van der Waals surface area contributed by atoms with E-state index in [0.29, 0.717) is 29.6 Å². The minimum absolute atomic E-state index is 0.170. The van der Waals surface area contributed by atoms with Crippen LogP contribution in [0, 0.1) is 29.6 Å². The molecule has 0 fully saturated rings. The van der Waals surface area contributed by atoms with E-state index in [4.69, 9.17) is 0 Å². The summed E-state index contributed by atoms with van der Waals surface area (Å²) in [5.74, 6) is 2.23. The molecule has 1 nitrogen and oxygen atoms in total. The summed E-state index contributed by atoms with van der Waals surface area (Å²) in [6.07, 6.45) is 37.6. The van der Waals surface area contributed by atoms with Crippen molar-refractivity contribution in [2.45, 2.75) is 59.3 Å². The van der Waals surface area contributed by atoms with E-state index in [1.807, 2.05) is 6.08 Å². The third-order valence-electron chi connectivity index (χ3n) is 7.80. The first-order valence-electron chi connectivity index (χ1n) is 13.3. The predicted molar refractivity (Wildman–Crippen MR) is 145 cm³/mol. The molecule has 0 amide bonds. The van der Waals surface area contributed by atoms with Gasteiger partial charge in [0.05, 0.1) is 0 Å². The number of hydrogen-bond donors (Lipinski definition) is 0. The molecule has 0 bridgehead atoms. The van der Waals surface area contributed by atoms with Crippen molar-refractivity contribution in [3.8, 4) is 0 Å². The quantitative estimate of drug-likeness (QED) is 0.253. The molecule has 4 rings (SSSR count). The van der Waals surface area contributed by atoms with E-state index in [1.54, 1.807) is 0 Å². The van der Waals surface area contributed by atoms with E-state index >= 15 is 0 Å². The highest BCUT2D eigenvalue weighted by molar-refractivity contribution is 6.04. The molecule has 0 spiro atoms. The molecular formula is C33H40O. The minimum Gasteiger partial charge on any atom is -0.290 e. The lowest BCUT2D eigenvalue weighted by atomic mass is 9.74. The smallest absolute Gasteiger partial charge is 0.181 e. The van der Waals surface area contributed by atoms with Crippen molar-refractivity contribution in [3.05, 3.63) is 107 Å². The van der Waals surface area contributed by atoms with E-state index < -0.39 is 0 Å². The topological polar surface area (TPSA) is 17.1 Å². The SMILES string of the molecule is CCCCCC1=CC=C(C(=O)/C=C/C(C)C2C=CC=C3C=CC=CC32)CC1C1=CCC(C)C=C1. The maximum Gasteiger partial charge on any atom is 0.181 e. The molecule has 0 N–H and O–H groups in total. The van der Waals surface area contributed by atoms with Gasteiger partial charge in [-0.2, -0.15) is 0 Å². The van der Waals surface area contributed by atoms with Crippen molar-refractivity contribution in [2.75, 3.05) is 0 Å². The molecule has 0 radical (unpaired) electrons. The van der Waals surface area contributed by atoms with Gasteiger partial charge in [-0.05, 0) is 60.7 Å². The summed E-state index contributed by atoms with van der Waals surface area (Å²) in [6, 6.07) is 0. The average molecular weight is 453 g/mol. The van der Waals surface area contributed by atoms with Crippen molar-refractivity contribution >= 4 is 5.78 Å². The van der Waals surface area contributed by atoms with Crippen LogP contribution in [0.4, 0.5) is 0 Å². The lowest BCUT2D eigenvalue weighted by molar-refractivity contribution is -0.111. The van der Waals surface area contributed by atoms with Gasteiger partial charge in [-0.25, -0.2) is 0 Å². The third-order valence-corrected chi connectivity index (χ3v) is 7.80. The highest BCUT2D eigenvalue weighted by atomic mass is 16.1. The number of hydrogen-bond acceptors (Lipinski definition) is 1. The Morgan fingerprint density at radius 3 is 2.71 bits per heavy atom. The van der Waals surface area contributed by atoms with Crippen molar-refractivity contribution < 1.29 is 4.79 Å². The number of unbranched alkanes of at least 4 members (excludes halogenated alkanes) is 2. The van der Waals surface area contributed by atoms with Crippen molar-refractivity contribution in [2.24, 2.45) is 29.6 Å². The first kappa shape index (κ1) is 24.5. The normalized spacial score (nSPS) is 28.8. The largest absolute Gasteiger partial charge is 0.290 e. The minimum atomic E-state index is 0.170. The Bertz CT molecular complexity index is 1030. The third kappa shape index (κ3) is 5.87. The predicted octanol–water partition coefficient (Wildman–Crippen LogP) is 8.58. The van der Waals surface area contributed by atoms with Crippen molar-refractivity contribution in [1.82, 2.24) is 0 Å². The molecule has 0 heterocycles. The molecule has 178 valence electrons. The summed E-state index contributed by atoms with van der Waals surface area (Å²) in [5, 5.41) is 0. The van der Waals surface area contributed by atoms with E-state index in [9.17, 15) is 4.79 Å². The highest BCUT2D eigenvalue weighted by Gasteiger charge is 2.28. The maximum absolute atomic E-state index is 13.2. The number of rotatable bonds is 9. The van der Waals surface area contributed by atoms with Gasteiger partial charge in [0, 0.05) is 17.4 Å². The monoisotopic (exact) mass is 452 g/mol. The molecule has 34 heavy (non-hydrogen) atoms. The number of allylic oxidation sites excluding steroid dienone is 18. The molecule has 4 aliphatic rings. The first-order valence-corrected chi connectivity index (χ1v) is 13.3. The van der Waals surface area contributed by atoms with Crippen molar-refractivity contribution in [1.29, 1.82) is 0 Å². The number of carbonyl (C=O) groups is 1. The number of ketones is 1. The summed E-state index contributed by atoms with van der Waals surface area (Å²) in [7, 11) is 0. The average Bonchev–Trinajstić information content (AvgIpc) is 2.87. The molecule has 0 aliphatic heterocycles. The zero-order valence-electron chi connectivity index (χ0n) is 21.1. The second-order valence-corrected chi connectivity index (χ2v) is 10.4. The Labute approximate surface area is 206 Å². The van der Waals surface area contributed by atoms with Gasteiger partial charge < -0.3 is 0 Å². The fourth-order valence-corrected chi connectivity index (χ4v) is 5.58. The molecule has 0 saturated heterocycles. The zero-order valence-corrected chi connectivity index (χ0v) is 21.1. The number of fused-ring (bicyclic) bond motifs is 1. The summed E-state index contributed by atoms with van der Waals surface area (Å²) in [6.45, 7) is 6.76. The van der Waals surface area contributed by atoms with Crippen LogP contribution in [-0.2, 0) is 4.79 Å². The maximum atomic E-state index is 13.2. The molecule has 0 aromatic rings. The van der Waals surface area contributed by atoms with E-state index in [2.05, 4.69) is 99.8 Å². The summed E-state index contributed by atoms with van der Waals surface area (Å²) < 4.78 is 0. The van der Waals surface area contributed by atoms with Crippen LogP contribution < -0.4 is 0 Å². The van der Waals surface area contributed by atoms with Crippen LogP contribution in [0.5, 0.6) is 0 Å². The van der Waals surface area contributed by atoms with Gasteiger partial charge in [-0.1, -0.05) is 118 Å². The van der Waals surface area contributed by atoms with E-state index in [-0.39, 0.29) is 5.78 Å². The fraction of sp³-hybridized carbons (Fsp3) is 0.424. The van der Waals surface area contributed by atoms with Crippen LogP contribution in [-0.4, -0.2) is 5.78 Å². The van der Waals surface area contributed by atoms with Crippen LogP contribution in [0.3, 0.4) is 0 Å². The first-order chi connectivity index (χ1) is 16.6. The summed E-state index contributed by atoms with van der Waals surface area (Å²) in [5.41, 5.74) is 5.21. The highest BCUT2D eigenvalue weighted by Crippen LogP contribution is 2.38. The van der Waals surface area contributed by atoms with Crippen LogP contribution in [0.15, 0.2) is 107 Å². The summed E-state index contributed by atoms with van der Waals surface area (Å²) >= 11 is 0. The van der Waals surface area contributed by atoms with Gasteiger partial charge >= 0.3 is 0 Å². The van der Waals surface area contributed by atoms with Gasteiger partial charge in [-0.15, -0.1) is 0 Å². The van der Waals surface area contributed by atoms with E-state index in [1.165, 1.54) is 36.0 Å². The van der Waals surface area contributed by atoms with Gasteiger partial charge in [-0.3, -0.25) is 4.79 Å². The second-order valence-electron chi connectivity index (χ2n) is 10.4. The standard InChI is InChI=1S/C33H40O/c1-4-5-6-10-27-20-21-29(23-32(27)28-18-15-24(2)16-19-28)33(34)22-17-25(3)30-14-9-12-26-11-7-8-13-31(26)30/h7-9,11-15,17-22,24-25,30-32H,4-6,10,16,23H2,1-3H3/b22-17+. The Morgan fingerprint density at radius 1 is 1.03 bits per heavy atom. The molecule has 5 atom stereocenters. The Hall–Kier alpha value is -2.67. The molecule has 4 aliphatic carbocycles. The Morgan fingerprint density at radius 2 is 1.91 bits per heavy atom. The van der Waals surface area contributed by atoms with Gasteiger partial charge in [0.2, 0.25) is 0 Å². The van der Waals surface area contributed by atoms with Gasteiger partial charge in [0.1, 0.15) is 0 Å². The number of carbonyl (C=O) groups excluding carboxylic acids is 1. The molecule has 0 aromatic carbocycles. The zero-order chi connectivity index (χ0) is 23.9. The van der Waals surface area contributed by atoms with Crippen molar-refractivity contribution in [3.63, 3.8) is 0 Å². The molecule has 5 unspecified atom stereocenters. The van der Waals surface area contributed by atoms with Gasteiger partial charge in [0.15, 0.2) is 5.78 Å². The Balaban J connectivity index is 1.45. The van der Waals surface area contributed by atoms with Crippen LogP contribution >= 0.6 is 0 Å². The van der Waals surface area contributed by atoms with E-state index in [0.717, 1.165) is 24.8 Å². The lowest BCUT2D eigenvalue weighted by Gasteiger charge is -2.30. The Kier molecular flexibility index (Phi) is 8.38. The molecular weight excluding hydrogens is 412 g/mol. The molecule has 0 aromatic heterocycles. The van der Waals surface area contributed by atoms with Crippen LogP contribution in [0.25, 0.3) is 0 Å². The second kappa shape index (κ2) is 11.6.